The van der Waals surface area contributed by atoms with Gasteiger partial charge in [-0.15, -0.1) is 0 Å². The number of hydrogen-bond donors (Lipinski definition) is 2. The first-order valence-electron chi connectivity index (χ1n) is 8.44. The van der Waals surface area contributed by atoms with Crippen LogP contribution in [0, 0.1) is 0 Å². The summed E-state index contributed by atoms with van der Waals surface area (Å²) in [5.74, 6) is -1.16. The second kappa shape index (κ2) is 9.15. The lowest BCUT2D eigenvalue weighted by atomic mass is 9.97. The lowest BCUT2D eigenvalue weighted by molar-refractivity contribution is -0.125. The van der Waals surface area contributed by atoms with Gasteiger partial charge in [-0.3, -0.25) is 4.79 Å². The van der Waals surface area contributed by atoms with Crippen molar-refractivity contribution in [2.45, 2.75) is 51.0 Å². The summed E-state index contributed by atoms with van der Waals surface area (Å²) in [5, 5.41) is 12.8. The molecule has 1 amide bonds. The molecule has 1 saturated carbocycles. The number of phenolic OH excluding ortho intramolecular Hbond substituents is 1. The van der Waals surface area contributed by atoms with E-state index in [0.717, 1.165) is 25.7 Å². The molecule has 0 spiro atoms. The van der Waals surface area contributed by atoms with Gasteiger partial charge in [-0.2, -0.15) is 0 Å². The fourth-order valence-electron chi connectivity index (χ4n) is 2.93. The van der Waals surface area contributed by atoms with E-state index in [4.69, 9.17) is 9.47 Å². The van der Waals surface area contributed by atoms with E-state index < -0.39 is 5.97 Å². The average molecular weight is 335 g/mol. The van der Waals surface area contributed by atoms with Crippen LogP contribution >= 0.6 is 0 Å². The second-order valence-electron chi connectivity index (χ2n) is 6.04. The zero-order chi connectivity index (χ0) is 17.4. The highest BCUT2D eigenvalue weighted by atomic mass is 16.5. The van der Waals surface area contributed by atoms with Gasteiger partial charge < -0.3 is 19.9 Å². The van der Waals surface area contributed by atoms with Gasteiger partial charge in [0, 0.05) is 6.04 Å². The Kier molecular flexibility index (Phi) is 6.90. The zero-order valence-electron chi connectivity index (χ0n) is 14.0. The summed E-state index contributed by atoms with van der Waals surface area (Å²) < 4.78 is 9.95. The van der Waals surface area contributed by atoms with Crippen LogP contribution < -0.4 is 10.1 Å². The highest BCUT2D eigenvalue weighted by molar-refractivity contribution is 5.94. The Hall–Kier alpha value is -2.24. The number of carbonyl (C=O) groups is 2. The predicted octanol–water partition coefficient (Wildman–Crippen LogP) is 2.79. The van der Waals surface area contributed by atoms with Gasteiger partial charge in [0.2, 0.25) is 0 Å². The molecule has 24 heavy (non-hydrogen) atoms. The molecule has 132 valence electrons. The minimum Gasteiger partial charge on any atom is -0.504 e. The third-order valence-electron chi connectivity index (χ3n) is 4.24. The summed E-state index contributed by atoms with van der Waals surface area (Å²) in [6.07, 6.45) is 7.84. The van der Waals surface area contributed by atoms with Crippen molar-refractivity contribution in [3.05, 3.63) is 23.8 Å². The Morgan fingerprint density at radius 3 is 2.50 bits per heavy atom. The molecule has 1 aliphatic carbocycles. The number of esters is 1. The molecule has 1 aromatic carbocycles. The molecular weight excluding hydrogens is 310 g/mol. The van der Waals surface area contributed by atoms with E-state index in [1.54, 1.807) is 6.07 Å². The molecule has 2 N–H and O–H groups in total. The number of para-hydroxylation sites is 1. The van der Waals surface area contributed by atoms with Gasteiger partial charge in [-0.1, -0.05) is 38.2 Å². The van der Waals surface area contributed by atoms with Crippen LogP contribution in [0.5, 0.6) is 11.5 Å². The van der Waals surface area contributed by atoms with Gasteiger partial charge in [0.25, 0.3) is 5.91 Å². The monoisotopic (exact) mass is 335 g/mol. The van der Waals surface area contributed by atoms with Crippen molar-refractivity contribution >= 4 is 11.9 Å². The van der Waals surface area contributed by atoms with Crippen molar-refractivity contribution in [1.82, 2.24) is 5.32 Å². The topological polar surface area (TPSA) is 84.9 Å². The van der Waals surface area contributed by atoms with Gasteiger partial charge in [0.1, 0.15) is 5.56 Å². The highest BCUT2D eigenvalue weighted by Crippen LogP contribution is 2.29. The molecule has 1 aromatic rings. The van der Waals surface area contributed by atoms with Crippen LogP contribution in [0.4, 0.5) is 0 Å². The van der Waals surface area contributed by atoms with Gasteiger partial charge >= 0.3 is 5.97 Å². The molecule has 6 heteroatoms. The zero-order valence-corrected chi connectivity index (χ0v) is 14.0. The fourth-order valence-corrected chi connectivity index (χ4v) is 2.93. The van der Waals surface area contributed by atoms with E-state index in [9.17, 15) is 14.7 Å². The SMILES string of the molecule is COc1cccc(C(=O)OCC(=O)NC2CCCCCCC2)c1O. The minimum atomic E-state index is -0.751. The maximum absolute atomic E-state index is 12.0. The fraction of sp³-hybridized carbons (Fsp3) is 0.556. The highest BCUT2D eigenvalue weighted by Gasteiger charge is 2.19. The van der Waals surface area contributed by atoms with Gasteiger partial charge in [-0.25, -0.2) is 4.79 Å². The summed E-state index contributed by atoms with van der Waals surface area (Å²) in [6.45, 7) is -0.355. The first-order valence-corrected chi connectivity index (χ1v) is 8.44. The number of benzene rings is 1. The third kappa shape index (κ3) is 5.15. The molecule has 0 saturated heterocycles. The average Bonchev–Trinajstić information content (AvgIpc) is 2.55. The van der Waals surface area contributed by atoms with Crippen LogP contribution in [-0.4, -0.2) is 36.7 Å². The maximum Gasteiger partial charge on any atom is 0.342 e. The van der Waals surface area contributed by atoms with Crippen molar-refractivity contribution in [1.29, 1.82) is 0 Å². The lowest BCUT2D eigenvalue weighted by Gasteiger charge is -2.20. The number of ether oxygens (including phenoxy) is 2. The molecule has 0 unspecified atom stereocenters. The number of methoxy groups -OCH3 is 1. The molecule has 0 heterocycles. The molecule has 6 nitrogen and oxygen atoms in total. The molecule has 1 fully saturated rings. The Bertz CT molecular complexity index is 565. The Morgan fingerprint density at radius 1 is 1.17 bits per heavy atom. The van der Waals surface area contributed by atoms with Crippen molar-refractivity contribution in [2.75, 3.05) is 13.7 Å². The molecule has 0 atom stereocenters. The molecule has 0 aromatic heterocycles. The van der Waals surface area contributed by atoms with E-state index >= 15 is 0 Å². The molecule has 0 aliphatic heterocycles. The standard InChI is InChI=1S/C18H25NO5/c1-23-15-11-7-10-14(17(15)21)18(22)24-12-16(20)19-13-8-5-3-2-4-6-9-13/h7,10-11,13,21H,2-6,8-9,12H2,1H3,(H,19,20). The van der Waals surface area contributed by atoms with Crippen molar-refractivity contribution in [3.63, 3.8) is 0 Å². The molecular formula is C18H25NO5. The van der Waals surface area contributed by atoms with Crippen LogP contribution in [0.2, 0.25) is 0 Å². The normalized spacial score (nSPS) is 15.9. The van der Waals surface area contributed by atoms with E-state index in [1.807, 2.05) is 0 Å². The summed E-state index contributed by atoms with van der Waals surface area (Å²) >= 11 is 0. The Labute approximate surface area is 142 Å². The Balaban J connectivity index is 1.83. The number of rotatable bonds is 5. The quantitative estimate of drug-likeness (QED) is 0.808. The second-order valence-corrected chi connectivity index (χ2v) is 6.04. The smallest absolute Gasteiger partial charge is 0.342 e. The van der Waals surface area contributed by atoms with Crippen LogP contribution in [0.25, 0.3) is 0 Å². The maximum atomic E-state index is 12.0. The van der Waals surface area contributed by atoms with Crippen LogP contribution in [0.15, 0.2) is 18.2 Å². The molecule has 2 rings (SSSR count). The summed E-state index contributed by atoms with van der Waals surface area (Å²) in [5.41, 5.74) is -0.0203. The third-order valence-corrected chi connectivity index (χ3v) is 4.24. The lowest BCUT2D eigenvalue weighted by Crippen LogP contribution is -2.38. The van der Waals surface area contributed by atoms with Crippen molar-refractivity contribution < 1.29 is 24.2 Å². The number of aromatic hydroxyl groups is 1. The minimum absolute atomic E-state index is 0.0203. The van der Waals surface area contributed by atoms with Gasteiger partial charge in [0.05, 0.1) is 7.11 Å². The number of nitrogens with one attached hydrogen (secondary N) is 1. The Morgan fingerprint density at radius 2 is 1.83 bits per heavy atom. The van der Waals surface area contributed by atoms with E-state index in [1.165, 1.54) is 38.5 Å². The first-order chi connectivity index (χ1) is 11.6. The molecule has 1 aliphatic rings. The molecule has 0 bridgehead atoms. The van der Waals surface area contributed by atoms with Crippen molar-refractivity contribution in [3.8, 4) is 11.5 Å². The van der Waals surface area contributed by atoms with Crippen LogP contribution in [-0.2, 0) is 9.53 Å². The first kappa shape index (κ1) is 18.1. The van der Waals surface area contributed by atoms with Crippen LogP contribution in [0.1, 0.15) is 55.3 Å². The number of carbonyl (C=O) groups excluding carboxylic acids is 2. The van der Waals surface area contributed by atoms with E-state index in [0.29, 0.717) is 0 Å². The summed E-state index contributed by atoms with van der Waals surface area (Å²) in [6, 6.07) is 4.69. The largest absolute Gasteiger partial charge is 0.504 e. The number of hydrogen-bond acceptors (Lipinski definition) is 5. The van der Waals surface area contributed by atoms with Gasteiger partial charge in [-0.05, 0) is 25.0 Å². The van der Waals surface area contributed by atoms with Crippen LogP contribution in [0.3, 0.4) is 0 Å². The van der Waals surface area contributed by atoms with Gasteiger partial charge in [0.15, 0.2) is 18.1 Å². The molecule has 0 radical (unpaired) electrons. The summed E-state index contributed by atoms with van der Waals surface area (Å²) in [4.78, 5) is 24.0. The number of amides is 1. The van der Waals surface area contributed by atoms with E-state index in [-0.39, 0.29) is 35.6 Å². The summed E-state index contributed by atoms with van der Waals surface area (Å²) in [7, 11) is 1.40. The van der Waals surface area contributed by atoms with E-state index in [2.05, 4.69) is 5.32 Å². The van der Waals surface area contributed by atoms with Crippen molar-refractivity contribution in [2.24, 2.45) is 0 Å². The predicted molar refractivity (Wildman–Crippen MR) is 89.2 cm³/mol. The number of phenols is 1.